The van der Waals surface area contributed by atoms with Gasteiger partial charge in [0.15, 0.2) is 0 Å². The summed E-state index contributed by atoms with van der Waals surface area (Å²) in [7, 11) is 0. The molecule has 1 aliphatic rings. The number of nitro benzene ring substituents is 1. The lowest BCUT2D eigenvalue weighted by molar-refractivity contribution is -0.384. The van der Waals surface area contributed by atoms with Gasteiger partial charge in [-0.2, -0.15) is 0 Å². The smallest absolute Gasteiger partial charge is 0.295 e. The molecule has 3 aromatic rings. The molecular weight excluding hydrogens is 410 g/mol. The summed E-state index contributed by atoms with van der Waals surface area (Å²) in [5, 5.41) is 22.4. The zero-order valence-electron chi connectivity index (χ0n) is 17.1. The molecule has 8 nitrogen and oxygen atoms in total. The maximum atomic E-state index is 13.0. The van der Waals surface area contributed by atoms with Crippen LogP contribution in [0.2, 0.25) is 0 Å². The Kier molecular flexibility index (Phi) is 5.51. The summed E-state index contributed by atoms with van der Waals surface area (Å²) in [5.41, 5.74) is 2.10. The number of benzene rings is 2. The Labute approximate surface area is 183 Å². The predicted octanol–water partition coefficient (Wildman–Crippen LogP) is 3.92. The Bertz CT molecular complexity index is 1240. The van der Waals surface area contributed by atoms with E-state index in [0.29, 0.717) is 16.7 Å². The number of nitro groups is 1. The van der Waals surface area contributed by atoms with Crippen LogP contribution in [0.4, 0.5) is 5.69 Å². The van der Waals surface area contributed by atoms with Gasteiger partial charge in [0.05, 0.1) is 16.5 Å². The van der Waals surface area contributed by atoms with Crippen molar-refractivity contribution in [2.24, 2.45) is 0 Å². The predicted molar refractivity (Wildman–Crippen MR) is 116 cm³/mol. The van der Waals surface area contributed by atoms with Crippen LogP contribution in [0.15, 0.2) is 78.6 Å². The standard InChI is InChI=1S/C24H19N3O5/c1-15-7-9-17(10-8-15)22(28)20-21(18-5-2-6-19(12-18)27(31)32)26(24(30)23(20)29)14-16-4-3-11-25-13-16/h2-13,21,28H,14H2,1H3/b22-20+/t21-/m0/s1. The van der Waals surface area contributed by atoms with Crippen LogP contribution in [-0.2, 0) is 16.1 Å². The van der Waals surface area contributed by atoms with E-state index in [2.05, 4.69) is 4.98 Å². The number of likely N-dealkylation sites (tertiary alicyclic amines) is 1. The lowest BCUT2D eigenvalue weighted by Crippen LogP contribution is -2.29. The van der Waals surface area contributed by atoms with Gasteiger partial charge in [0.2, 0.25) is 0 Å². The molecule has 0 spiro atoms. The van der Waals surface area contributed by atoms with Crippen LogP contribution in [-0.4, -0.2) is 31.6 Å². The molecule has 1 N–H and O–H groups in total. The van der Waals surface area contributed by atoms with Gasteiger partial charge < -0.3 is 10.0 Å². The first kappa shape index (κ1) is 20.9. The van der Waals surface area contributed by atoms with Gasteiger partial charge in [-0.25, -0.2) is 0 Å². The van der Waals surface area contributed by atoms with E-state index in [0.717, 1.165) is 5.56 Å². The second-order valence-electron chi connectivity index (χ2n) is 7.51. The van der Waals surface area contributed by atoms with Crippen molar-refractivity contribution in [2.75, 3.05) is 0 Å². The van der Waals surface area contributed by atoms with E-state index in [1.54, 1.807) is 54.9 Å². The third-order valence-electron chi connectivity index (χ3n) is 5.34. The number of aryl methyl sites for hydroxylation is 1. The van der Waals surface area contributed by atoms with Crippen molar-refractivity contribution in [2.45, 2.75) is 19.5 Å². The number of Topliss-reactive ketones (excluding diaryl/α,β-unsaturated/α-hetero) is 1. The molecule has 2 aromatic carbocycles. The zero-order chi connectivity index (χ0) is 22.8. The molecule has 0 aliphatic carbocycles. The normalized spacial score (nSPS) is 17.5. The highest BCUT2D eigenvalue weighted by Crippen LogP contribution is 2.41. The van der Waals surface area contributed by atoms with Crippen molar-refractivity contribution in [1.82, 2.24) is 9.88 Å². The van der Waals surface area contributed by atoms with Crippen LogP contribution < -0.4 is 0 Å². The van der Waals surface area contributed by atoms with E-state index >= 15 is 0 Å². The van der Waals surface area contributed by atoms with Gasteiger partial charge >= 0.3 is 0 Å². The van der Waals surface area contributed by atoms with Gasteiger partial charge in [0.1, 0.15) is 5.76 Å². The molecule has 1 aliphatic heterocycles. The van der Waals surface area contributed by atoms with Crippen molar-refractivity contribution in [3.05, 3.63) is 111 Å². The molecule has 0 unspecified atom stereocenters. The summed E-state index contributed by atoms with van der Waals surface area (Å²) in [5.74, 6) is -1.96. The Balaban J connectivity index is 1.89. The molecule has 1 atom stereocenters. The van der Waals surface area contributed by atoms with Crippen LogP contribution in [0.5, 0.6) is 0 Å². The first-order valence-corrected chi connectivity index (χ1v) is 9.85. The summed E-state index contributed by atoms with van der Waals surface area (Å²) in [6.45, 7) is 1.94. The van der Waals surface area contributed by atoms with Crippen molar-refractivity contribution >= 4 is 23.1 Å². The summed E-state index contributed by atoms with van der Waals surface area (Å²) in [6.07, 6.45) is 3.16. The highest BCUT2D eigenvalue weighted by Gasteiger charge is 2.46. The summed E-state index contributed by atoms with van der Waals surface area (Å²) in [4.78, 5) is 42.1. The molecular formula is C24H19N3O5. The van der Waals surface area contributed by atoms with Gasteiger partial charge in [-0.1, -0.05) is 48.0 Å². The molecule has 0 radical (unpaired) electrons. The lowest BCUT2D eigenvalue weighted by Gasteiger charge is -2.25. The minimum Gasteiger partial charge on any atom is -0.507 e. The number of amides is 1. The van der Waals surface area contributed by atoms with Crippen molar-refractivity contribution in [1.29, 1.82) is 0 Å². The second kappa shape index (κ2) is 8.43. The van der Waals surface area contributed by atoms with E-state index in [1.807, 2.05) is 6.92 Å². The van der Waals surface area contributed by atoms with Gasteiger partial charge in [0, 0.05) is 36.6 Å². The van der Waals surface area contributed by atoms with Crippen molar-refractivity contribution < 1.29 is 19.6 Å². The van der Waals surface area contributed by atoms with Gasteiger partial charge in [-0.05, 0) is 24.1 Å². The Morgan fingerprint density at radius 1 is 1.12 bits per heavy atom. The van der Waals surface area contributed by atoms with Crippen molar-refractivity contribution in [3.8, 4) is 0 Å². The van der Waals surface area contributed by atoms with Crippen LogP contribution in [0.25, 0.3) is 5.76 Å². The number of carbonyl (C=O) groups excluding carboxylic acids is 2. The number of aliphatic hydroxyl groups is 1. The first-order valence-electron chi connectivity index (χ1n) is 9.85. The van der Waals surface area contributed by atoms with E-state index in [1.165, 1.54) is 23.1 Å². The van der Waals surface area contributed by atoms with E-state index in [-0.39, 0.29) is 23.6 Å². The quantitative estimate of drug-likeness (QED) is 0.216. The van der Waals surface area contributed by atoms with Crippen LogP contribution in [0.3, 0.4) is 0 Å². The SMILES string of the molecule is Cc1ccc(/C(O)=C2\C(=O)C(=O)N(Cc3cccnc3)[C@H]2c2cccc([N+](=O)[O-])c2)cc1. The number of hydrogen-bond donors (Lipinski definition) is 1. The monoisotopic (exact) mass is 429 g/mol. The summed E-state index contributed by atoms with van der Waals surface area (Å²) in [6, 6.07) is 15.1. The highest BCUT2D eigenvalue weighted by atomic mass is 16.6. The average molecular weight is 429 g/mol. The minimum absolute atomic E-state index is 0.0520. The van der Waals surface area contributed by atoms with Gasteiger partial charge in [-0.15, -0.1) is 0 Å². The molecule has 0 bridgehead atoms. The maximum absolute atomic E-state index is 13.0. The molecule has 1 saturated heterocycles. The van der Waals surface area contributed by atoms with Gasteiger partial charge in [0.25, 0.3) is 17.4 Å². The largest absolute Gasteiger partial charge is 0.507 e. The fourth-order valence-electron chi connectivity index (χ4n) is 3.75. The zero-order valence-corrected chi connectivity index (χ0v) is 17.1. The first-order chi connectivity index (χ1) is 15.4. The molecule has 160 valence electrons. The summed E-state index contributed by atoms with van der Waals surface area (Å²) < 4.78 is 0. The number of hydrogen-bond acceptors (Lipinski definition) is 6. The fraction of sp³-hybridized carbons (Fsp3) is 0.125. The molecule has 2 heterocycles. The summed E-state index contributed by atoms with van der Waals surface area (Å²) >= 11 is 0. The third-order valence-corrected chi connectivity index (χ3v) is 5.34. The second-order valence-corrected chi connectivity index (χ2v) is 7.51. The number of non-ortho nitro benzene ring substituents is 1. The van der Waals surface area contributed by atoms with E-state index in [4.69, 9.17) is 0 Å². The molecule has 32 heavy (non-hydrogen) atoms. The number of nitrogens with zero attached hydrogens (tertiary/aromatic N) is 3. The van der Waals surface area contributed by atoms with Gasteiger partial charge in [-0.3, -0.25) is 24.7 Å². The molecule has 1 aromatic heterocycles. The molecule has 4 rings (SSSR count). The number of pyridine rings is 1. The van der Waals surface area contributed by atoms with Crippen LogP contribution in [0, 0.1) is 17.0 Å². The topological polar surface area (TPSA) is 114 Å². The van der Waals surface area contributed by atoms with Crippen LogP contribution in [0.1, 0.15) is 28.3 Å². The Hall–Kier alpha value is -4.33. The van der Waals surface area contributed by atoms with Crippen molar-refractivity contribution in [3.63, 3.8) is 0 Å². The maximum Gasteiger partial charge on any atom is 0.295 e. The highest BCUT2D eigenvalue weighted by molar-refractivity contribution is 6.46. The molecule has 1 fully saturated rings. The number of aromatic nitrogens is 1. The molecule has 8 heteroatoms. The number of rotatable bonds is 5. The number of ketones is 1. The average Bonchev–Trinajstić information content (AvgIpc) is 3.05. The fourth-order valence-corrected chi connectivity index (χ4v) is 3.75. The molecule has 0 saturated carbocycles. The van der Waals surface area contributed by atoms with Crippen LogP contribution >= 0.6 is 0 Å². The molecule has 1 amide bonds. The number of aliphatic hydroxyl groups excluding tert-OH is 1. The van der Waals surface area contributed by atoms with E-state index < -0.39 is 22.7 Å². The lowest BCUT2D eigenvalue weighted by atomic mass is 9.94. The Morgan fingerprint density at radius 3 is 2.53 bits per heavy atom. The number of carbonyl (C=O) groups is 2. The van der Waals surface area contributed by atoms with E-state index in [9.17, 15) is 24.8 Å². The third kappa shape index (κ3) is 3.85. The Morgan fingerprint density at radius 2 is 1.88 bits per heavy atom. The minimum atomic E-state index is -0.989.